The molecule has 1 aromatic heterocycles. The molecule has 0 bridgehead atoms. The molecule has 0 amide bonds. The lowest BCUT2D eigenvalue weighted by molar-refractivity contribution is 0.119. The maximum atomic E-state index is 2.58. The molecule has 4 aliphatic carbocycles. The molecule has 1 heterocycles. The third kappa shape index (κ3) is 4.11. The number of aromatic nitrogens is 1. The fraction of sp³-hybridized carbons (Fsp3) is 0.224. The first-order valence-corrected chi connectivity index (χ1v) is 18.6. The molecule has 3 atom stereocenters. The lowest BCUT2D eigenvalue weighted by atomic mass is 9.61. The first kappa shape index (κ1) is 30.5. The Morgan fingerprint density at radius 3 is 2.20 bits per heavy atom. The van der Waals surface area contributed by atoms with Gasteiger partial charge in [0.15, 0.2) is 0 Å². The molecule has 5 aromatic carbocycles. The van der Waals surface area contributed by atoms with Gasteiger partial charge in [-0.25, -0.2) is 0 Å². The number of para-hydroxylation sites is 2. The van der Waals surface area contributed by atoms with E-state index in [-0.39, 0.29) is 16.2 Å². The van der Waals surface area contributed by atoms with Crippen LogP contribution in [-0.4, -0.2) is 4.57 Å². The maximum Gasteiger partial charge on any atom is 0.0542 e. The third-order valence-electron chi connectivity index (χ3n) is 13.4. The Morgan fingerprint density at radius 1 is 0.627 bits per heavy atom. The molecular formula is C49H44N2. The van der Waals surface area contributed by atoms with Gasteiger partial charge in [-0.3, -0.25) is 0 Å². The monoisotopic (exact) mass is 660 g/mol. The molecule has 3 unspecified atom stereocenters. The van der Waals surface area contributed by atoms with Crippen LogP contribution in [0.25, 0.3) is 38.6 Å². The molecule has 0 aliphatic heterocycles. The fourth-order valence-corrected chi connectivity index (χ4v) is 10.3. The van der Waals surface area contributed by atoms with Crippen LogP contribution in [0.4, 0.5) is 11.4 Å². The van der Waals surface area contributed by atoms with Crippen molar-refractivity contribution in [1.82, 2.24) is 4.57 Å². The number of nitrogens with zero attached hydrogens (tertiary/aromatic N) is 2. The zero-order chi connectivity index (χ0) is 34.7. The highest BCUT2D eigenvalue weighted by molar-refractivity contribution is 6.10. The zero-order valence-electron chi connectivity index (χ0n) is 30.2. The minimum absolute atomic E-state index is 0.0783. The SMILES string of the molecule is CC1(C)c2ccccc2-c2ccc(N(C3=CC=C4C(C3)C(C)(C)C3(C)C=CC=CC43)c3ccc4c(c3)c3ccccc3n4-c3ccccc3)cc21. The first-order valence-electron chi connectivity index (χ1n) is 18.6. The predicted octanol–water partition coefficient (Wildman–Crippen LogP) is 12.8. The second kappa shape index (κ2) is 10.6. The van der Waals surface area contributed by atoms with Crippen molar-refractivity contribution in [2.75, 3.05) is 4.90 Å². The van der Waals surface area contributed by atoms with Crippen molar-refractivity contribution >= 4 is 33.2 Å². The van der Waals surface area contributed by atoms with Crippen LogP contribution in [0.5, 0.6) is 0 Å². The normalized spacial score (nSPS) is 23.4. The summed E-state index contributed by atoms with van der Waals surface area (Å²) in [5.41, 5.74) is 14.6. The summed E-state index contributed by atoms with van der Waals surface area (Å²) in [7, 11) is 0. The lowest BCUT2D eigenvalue weighted by Crippen LogP contribution is -2.36. The quantitative estimate of drug-likeness (QED) is 0.183. The van der Waals surface area contributed by atoms with Gasteiger partial charge >= 0.3 is 0 Å². The molecule has 0 saturated heterocycles. The molecule has 0 radical (unpaired) electrons. The van der Waals surface area contributed by atoms with Gasteiger partial charge in [0.05, 0.1) is 11.0 Å². The number of allylic oxidation sites excluding steroid dienone is 8. The molecular weight excluding hydrogens is 617 g/mol. The van der Waals surface area contributed by atoms with E-state index in [0.717, 1.165) is 6.42 Å². The number of anilines is 2. The summed E-state index contributed by atoms with van der Waals surface area (Å²) in [6.07, 6.45) is 15.4. The molecule has 2 heteroatoms. The summed E-state index contributed by atoms with van der Waals surface area (Å²) in [4.78, 5) is 2.58. The lowest BCUT2D eigenvalue weighted by Gasteiger charge is -2.43. The molecule has 2 nitrogen and oxygen atoms in total. The van der Waals surface area contributed by atoms with Gasteiger partial charge < -0.3 is 9.47 Å². The van der Waals surface area contributed by atoms with E-state index >= 15 is 0 Å². The van der Waals surface area contributed by atoms with E-state index < -0.39 is 0 Å². The fourth-order valence-electron chi connectivity index (χ4n) is 10.3. The maximum absolute atomic E-state index is 2.58. The Labute approximate surface area is 301 Å². The highest BCUT2D eigenvalue weighted by Crippen LogP contribution is 2.66. The number of hydrogen-bond donors (Lipinski definition) is 0. The van der Waals surface area contributed by atoms with Gasteiger partial charge in [-0.2, -0.15) is 0 Å². The van der Waals surface area contributed by atoms with Crippen LogP contribution >= 0.6 is 0 Å². The molecule has 250 valence electrons. The third-order valence-corrected chi connectivity index (χ3v) is 13.4. The minimum Gasteiger partial charge on any atom is -0.314 e. The van der Waals surface area contributed by atoms with Crippen molar-refractivity contribution in [3.8, 4) is 16.8 Å². The van der Waals surface area contributed by atoms with E-state index in [4.69, 9.17) is 0 Å². The highest BCUT2D eigenvalue weighted by Gasteiger charge is 2.58. The van der Waals surface area contributed by atoms with E-state index in [1.165, 1.54) is 66.8 Å². The molecule has 4 aliphatic rings. The summed E-state index contributed by atoms with van der Waals surface area (Å²) >= 11 is 0. The standard InChI is InChI=1S/C49H44N2/c1-47(2)41-19-11-9-17-36(41)37-25-22-34(30-43(37)47)50(35-23-26-39-42-20-13-14-28-49(42,5)48(3,4)44(39)31-35)33-24-27-46-40(29-33)38-18-10-12-21-45(38)51(46)32-15-7-6-8-16-32/h6-30,42,44H,31H2,1-5H3. The Kier molecular flexibility index (Phi) is 6.33. The summed E-state index contributed by atoms with van der Waals surface area (Å²) < 4.78 is 2.41. The second-order valence-electron chi connectivity index (χ2n) is 16.4. The molecule has 1 saturated carbocycles. The average molecular weight is 661 g/mol. The van der Waals surface area contributed by atoms with Gasteiger partial charge in [0, 0.05) is 50.3 Å². The van der Waals surface area contributed by atoms with Crippen molar-refractivity contribution in [3.63, 3.8) is 0 Å². The predicted molar refractivity (Wildman–Crippen MR) is 215 cm³/mol. The number of fused-ring (bicyclic) bond motifs is 9. The molecule has 0 N–H and O–H groups in total. The number of hydrogen-bond acceptors (Lipinski definition) is 1. The average Bonchev–Trinajstić information content (AvgIpc) is 3.67. The van der Waals surface area contributed by atoms with Crippen molar-refractivity contribution in [1.29, 1.82) is 0 Å². The van der Waals surface area contributed by atoms with E-state index in [1.54, 1.807) is 5.57 Å². The van der Waals surface area contributed by atoms with Gasteiger partial charge in [0.2, 0.25) is 0 Å². The molecule has 0 spiro atoms. The zero-order valence-corrected chi connectivity index (χ0v) is 30.2. The Morgan fingerprint density at radius 2 is 1.33 bits per heavy atom. The van der Waals surface area contributed by atoms with Crippen LogP contribution in [0, 0.1) is 22.7 Å². The van der Waals surface area contributed by atoms with Gasteiger partial charge in [-0.05, 0) is 94.6 Å². The highest BCUT2D eigenvalue weighted by atomic mass is 15.2. The minimum atomic E-state index is -0.0783. The summed E-state index contributed by atoms with van der Waals surface area (Å²) in [5, 5.41) is 2.55. The molecule has 1 fully saturated rings. The molecule has 10 rings (SSSR count). The van der Waals surface area contributed by atoms with Gasteiger partial charge in [0.1, 0.15) is 0 Å². The topological polar surface area (TPSA) is 8.17 Å². The van der Waals surface area contributed by atoms with Gasteiger partial charge in [0.25, 0.3) is 0 Å². The first-order chi connectivity index (χ1) is 24.7. The molecule has 51 heavy (non-hydrogen) atoms. The van der Waals surface area contributed by atoms with Crippen molar-refractivity contribution in [3.05, 3.63) is 174 Å². The van der Waals surface area contributed by atoms with E-state index in [0.29, 0.717) is 11.8 Å². The van der Waals surface area contributed by atoms with E-state index in [9.17, 15) is 0 Å². The van der Waals surface area contributed by atoms with Crippen LogP contribution in [0.2, 0.25) is 0 Å². The summed E-state index contributed by atoms with van der Waals surface area (Å²) in [6.45, 7) is 12.3. The van der Waals surface area contributed by atoms with Crippen LogP contribution in [0.3, 0.4) is 0 Å². The Balaban J connectivity index is 1.18. The summed E-state index contributed by atoms with van der Waals surface area (Å²) in [6, 6.07) is 42.9. The van der Waals surface area contributed by atoms with Crippen molar-refractivity contribution in [2.24, 2.45) is 22.7 Å². The van der Waals surface area contributed by atoms with Crippen LogP contribution in [0.1, 0.15) is 52.2 Å². The Bertz CT molecular complexity index is 2530. The Hall–Kier alpha value is -5.34. The molecule has 6 aromatic rings. The van der Waals surface area contributed by atoms with E-state index in [2.05, 4.69) is 196 Å². The number of rotatable bonds is 4. The number of benzene rings is 5. The second-order valence-corrected chi connectivity index (χ2v) is 16.4. The van der Waals surface area contributed by atoms with Crippen LogP contribution in [0.15, 0.2) is 163 Å². The summed E-state index contributed by atoms with van der Waals surface area (Å²) in [5.74, 6) is 0.884. The van der Waals surface area contributed by atoms with Crippen molar-refractivity contribution < 1.29 is 0 Å². The largest absolute Gasteiger partial charge is 0.314 e. The van der Waals surface area contributed by atoms with Crippen molar-refractivity contribution in [2.45, 2.75) is 46.5 Å². The van der Waals surface area contributed by atoms with Gasteiger partial charge in [-0.15, -0.1) is 0 Å². The van der Waals surface area contributed by atoms with Crippen LogP contribution in [-0.2, 0) is 5.41 Å². The van der Waals surface area contributed by atoms with E-state index in [1.807, 2.05) is 0 Å². The van der Waals surface area contributed by atoms with Crippen LogP contribution < -0.4 is 4.90 Å². The van der Waals surface area contributed by atoms with Gasteiger partial charge in [-0.1, -0.05) is 137 Å². The smallest absolute Gasteiger partial charge is 0.0542 e.